The lowest BCUT2D eigenvalue weighted by Gasteiger charge is -2.15. The minimum absolute atomic E-state index is 0.123. The molecule has 0 bridgehead atoms. The molecule has 3 amide bonds. The quantitative estimate of drug-likeness (QED) is 0.723. The van der Waals surface area contributed by atoms with Gasteiger partial charge in [-0.15, -0.1) is 11.8 Å². The molecule has 0 aliphatic carbocycles. The molecule has 0 unspecified atom stereocenters. The zero-order chi connectivity index (χ0) is 20.1. The van der Waals surface area contributed by atoms with Crippen LogP contribution in [0.25, 0.3) is 0 Å². The zero-order valence-corrected chi connectivity index (χ0v) is 16.9. The van der Waals surface area contributed by atoms with Gasteiger partial charge in [0.1, 0.15) is 0 Å². The van der Waals surface area contributed by atoms with E-state index >= 15 is 0 Å². The van der Waals surface area contributed by atoms with Crippen molar-refractivity contribution in [2.75, 3.05) is 16.0 Å². The van der Waals surface area contributed by atoms with Crippen LogP contribution in [0.5, 0.6) is 0 Å². The van der Waals surface area contributed by atoms with Gasteiger partial charge in [0.15, 0.2) is 0 Å². The van der Waals surface area contributed by atoms with Gasteiger partial charge in [-0.05, 0) is 48.2 Å². The van der Waals surface area contributed by atoms with Crippen LogP contribution in [0.4, 0.5) is 11.4 Å². The summed E-state index contributed by atoms with van der Waals surface area (Å²) < 4.78 is 0. The first kappa shape index (κ1) is 20.1. The van der Waals surface area contributed by atoms with E-state index in [-0.39, 0.29) is 29.9 Å². The van der Waals surface area contributed by atoms with E-state index in [0.29, 0.717) is 5.69 Å². The van der Waals surface area contributed by atoms with Crippen molar-refractivity contribution >= 4 is 40.9 Å². The molecule has 5 nitrogen and oxygen atoms in total. The highest BCUT2D eigenvalue weighted by atomic mass is 32.2. The van der Waals surface area contributed by atoms with Crippen molar-refractivity contribution in [3.63, 3.8) is 0 Å². The smallest absolute Gasteiger partial charge is 0.247 e. The lowest BCUT2D eigenvalue weighted by Crippen LogP contribution is -2.31. The number of nitrogens with zero attached hydrogens (tertiary/aromatic N) is 1. The monoisotopic (exact) mass is 396 g/mol. The Balaban J connectivity index is 1.56. The number of hydrogen-bond donors (Lipinski definition) is 1. The lowest BCUT2D eigenvalue weighted by atomic mass is 10.1. The van der Waals surface area contributed by atoms with Gasteiger partial charge in [-0.25, -0.2) is 4.90 Å². The van der Waals surface area contributed by atoms with E-state index in [9.17, 15) is 14.4 Å². The minimum Gasteiger partial charge on any atom is -0.325 e. The largest absolute Gasteiger partial charge is 0.325 e. The fraction of sp³-hybridized carbons (Fsp3) is 0.318. The number of aryl methyl sites for hydroxylation is 2. The summed E-state index contributed by atoms with van der Waals surface area (Å²) in [6.45, 7) is 4.13. The maximum Gasteiger partial charge on any atom is 0.247 e. The highest BCUT2D eigenvalue weighted by Crippen LogP contribution is 2.30. The van der Waals surface area contributed by atoms with Crippen LogP contribution >= 0.6 is 11.8 Å². The summed E-state index contributed by atoms with van der Waals surface area (Å²) in [5.74, 6) is -0.524. The number of rotatable bonds is 7. The van der Waals surface area contributed by atoms with E-state index in [1.165, 1.54) is 22.2 Å². The summed E-state index contributed by atoms with van der Waals surface area (Å²) in [4.78, 5) is 38.4. The highest BCUT2D eigenvalue weighted by Gasteiger charge is 2.40. The summed E-state index contributed by atoms with van der Waals surface area (Å²) in [5.41, 5.74) is 3.68. The van der Waals surface area contributed by atoms with Gasteiger partial charge >= 0.3 is 0 Å². The number of hydrogen-bond acceptors (Lipinski definition) is 4. The standard InChI is InChI=1S/C22H24N2O3S/c1-3-15-5-9-17(10-6-15)23-20(25)14-28-19-13-21(26)24(22(19)27)18-11-7-16(4-2)8-12-18/h5-12,19H,3-4,13-14H2,1-2H3,(H,23,25)/t19-/m0/s1. The van der Waals surface area contributed by atoms with E-state index in [1.807, 2.05) is 36.4 Å². The molecule has 1 heterocycles. The maximum atomic E-state index is 12.7. The number of thioether (sulfide) groups is 1. The normalized spacial score (nSPS) is 16.5. The highest BCUT2D eigenvalue weighted by molar-refractivity contribution is 8.01. The summed E-state index contributed by atoms with van der Waals surface area (Å²) >= 11 is 1.21. The second kappa shape index (κ2) is 9.06. The predicted octanol–water partition coefficient (Wildman–Crippen LogP) is 3.82. The molecule has 1 fully saturated rings. The summed E-state index contributed by atoms with van der Waals surface area (Å²) in [6.07, 6.45) is 1.97. The van der Waals surface area contributed by atoms with Crippen molar-refractivity contribution in [2.24, 2.45) is 0 Å². The molecule has 0 aromatic heterocycles. The summed E-state index contributed by atoms with van der Waals surface area (Å²) in [5, 5.41) is 2.31. The first-order valence-corrected chi connectivity index (χ1v) is 10.5. The molecule has 1 N–H and O–H groups in total. The van der Waals surface area contributed by atoms with E-state index in [1.54, 1.807) is 12.1 Å². The molecule has 2 aromatic carbocycles. The molecule has 28 heavy (non-hydrogen) atoms. The van der Waals surface area contributed by atoms with Gasteiger partial charge in [-0.3, -0.25) is 14.4 Å². The van der Waals surface area contributed by atoms with E-state index < -0.39 is 5.25 Å². The molecular formula is C22H24N2O3S. The third kappa shape index (κ3) is 4.62. The molecule has 6 heteroatoms. The first-order chi connectivity index (χ1) is 13.5. The Morgan fingerprint density at radius 3 is 2.14 bits per heavy atom. The van der Waals surface area contributed by atoms with Crippen LogP contribution in [-0.2, 0) is 27.2 Å². The number of carbonyl (C=O) groups excluding carboxylic acids is 3. The average molecular weight is 397 g/mol. The molecule has 1 saturated heterocycles. The van der Waals surface area contributed by atoms with Crippen molar-refractivity contribution in [2.45, 2.75) is 38.4 Å². The van der Waals surface area contributed by atoms with Gasteiger partial charge in [0, 0.05) is 12.1 Å². The Kier molecular flexibility index (Phi) is 6.52. The zero-order valence-electron chi connectivity index (χ0n) is 16.1. The Morgan fingerprint density at radius 2 is 1.57 bits per heavy atom. The predicted molar refractivity (Wildman–Crippen MR) is 114 cm³/mol. The topological polar surface area (TPSA) is 66.5 Å². The molecule has 1 atom stereocenters. The number of benzene rings is 2. The molecule has 3 rings (SSSR count). The molecule has 146 valence electrons. The van der Waals surface area contributed by atoms with Crippen LogP contribution in [-0.4, -0.2) is 28.7 Å². The lowest BCUT2D eigenvalue weighted by molar-refractivity contribution is -0.121. The van der Waals surface area contributed by atoms with Crippen LogP contribution < -0.4 is 10.2 Å². The Morgan fingerprint density at radius 1 is 1.00 bits per heavy atom. The fourth-order valence-corrected chi connectivity index (χ4v) is 4.02. The molecule has 1 aliphatic heterocycles. The van der Waals surface area contributed by atoms with Gasteiger partial charge < -0.3 is 5.32 Å². The molecule has 1 aliphatic rings. The van der Waals surface area contributed by atoms with Crippen LogP contribution in [0, 0.1) is 0 Å². The Bertz CT molecular complexity index is 862. The average Bonchev–Trinajstić information content (AvgIpc) is 3.00. The van der Waals surface area contributed by atoms with Crippen molar-refractivity contribution in [3.05, 3.63) is 59.7 Å². The Labute approximate surface area is 169 Å². The first-order valence-electron chi connectivity index (χ1n) is 9.48. The van der Waals surface area contributed by atoms with Crippen LogP contribution in [0.2, 0.25) is 0 Å². The molecule has 2 aromatic rings. The molecule has 0 spiro atoms. The molecule has 0 saturated carbocycles. The third-order valence-corrected chi connectivity index (χ3v) is 5.97. The van der Waals surface area contributed by atoms with Crippen molar-refractivity contribution in [1.29, 1.82) is 0 Å². The number of amides is 3. The summed E-state index contributed by atoms with van der Waals surface area (Å²) in [6, 6.07) is 15.1. The van der Waals surface area contributed by atoms with Gasteiger partial charge in [0.05, 0.1) is 16.7 Å². The molecular weight excluding hydrogens is 372 g/mol. The van der Waals surface area contributed by atoms with Crippen LogP contribution in [0.3, 0.4) is 0 Å². The van der Waals surface area contributed by atoms with E-state index in [4.69, 9.17) is 0 Å². The van der Waals surface area contributed by atoms with Crippen LogP contribution in [0.15, 0.2) is 48.5 Å². The van der Waals surface area contributed by atoms with Gasteiger partial charge in [-0.1, -0.05) is 38.1 Å². The second-order valence-corrected chi connectivity index (χ2v) is 7.88. The summed E-state index contributed by atoms with van der Waals surface area (Å²) in [7, 11) is 0. The number of imide groups is 1. The SMILES string of the molecule is CCc1ccc(NC(=O)CS[C@H]2CC(=O)N(c3ccc(CC)cc3)C2=O)cc1. The third-order valence-electron chi connectivity index (χ3n) is 4.77. The molecule has 0 radical (unpaired) electrons. The van der Waals surface area contributed by atoms with Gasteiger partial charge in [-0.2, -0.15) is 0 Å². The van der Waals surface area contributed by atoms with E-state index in [0.717, 1.165) is 24.1 Å². The van der Waals surface area contributed by atoms with E-state index in [2.05, 4.69) is 19.2 Å². The van der Waals surface area contributed by atoms with Gasteiger partial charge in [0.25, 0.3) is 0 Å². The fourth-order valence-electron chi connectivity index (χ4n) is 3.08. The van der Waals surface area contributed by atoms with Crippen molar-refractivity contribution in [1.82, 2.24) is 0 Å². The minimum atomic E-state index is -0.522. The maximum absolute atomic E-state index is 12.7. The van der Waals surface area contributed by atoms with Crippen LogP contribution in [0.1, 0.15) is 31.4 Å². The van der Waals surface area contributed by atoms with Crippen molar-refractivity contribution < 1.29 is 14.4 Å². The number of anilines is 2. The van der Waals surface area contributed by atoms with Crippen molar-refractivity contribution in [3.8, 4) is 0 Å². The second-order valence-electron chi connectivity index (χ2n) is 6.69. The number of carbonyl (C=O) groups is 3. The Hall–Kier alpha value is -2.60. The van der Waals surface area contributed by atoms with Gasteiger partial charge in [0.2, 0.25) is 17.7 Å². The number of nitrogens with one attached hydrogen (secondary N) is 1.